The molecular formula is C28H43F3O4. The van der Waals surface area contributed by atoms with E-state index in [0.717, 1.165) is 50.7 Å². The molecule has 0 radical (unpaired) electrons. The first-order chi connectivity index (χ1) is 16.5. The van der Waals surface area contributed by atoms with Crippen molar-refractivity contribution in [3.63, 3.8) is 0 Å². The van der Waals surface area contributed by atoms with Crippen molar-refractivity contribution in [3.8, 4) is 5.75 Å². The summed E-state index contributed by atoms with van der Waals surface area (Å²) in [5.74, 6) is 1.13. The molecule has 2 N–H and O–H groups in total. The van der Waals surface area contributed by atoms with Crippen LogP contribution >= 0.6 is 0 Å². The third-order valence-corrected chi connectivity index (χ3v) is 6.76. The van der Waals surface area contributed by atoms with Crippen LogP contribution in [0.2, 0.25) is 0 Å². The van der Waals surface area contributed by atoms with Crippen LogP contribution in [0.25, 0.3) is 0 Å². The van der Waals surface area contributed by atoms with Gasteiger partial charge in [-0.25, -0.2) is 0 Å². The van der Waals surface area contributed by atoms with Crippen LogP contribution in [-0.4, -0.2) is 35.3 Å². The number of rotatable bonds is 14. The van der Waals surface area contributed by atoms with Gasteiger partial charge in [0, 0.05) is 5.92 Å². The Morgan fingerprint density at radius 2 is 1.83 bits per heavy atom. The van der Waals surface area contributed by atoms with Crippen LogP contribution < -0.4 is 4.74 Å². The molecule has 1 aliphatic carbocycles. The van der Waals surface area contributed by atoms with E-state index in [1.165, 1.54) is 12.1 Å². The van der Waals surface area contributed by atoms with Crippen molar-refractivity contribution in [1.82, 2.24) is 0 Å². The second-order valence-electron chi connectivity index (χ2n) is 10.4. The standard InChI is InChI=1S/C28H43F3O4/c1-19(2)35-27(33)13-8-6-5-7-12-25-24(21(4)16-26(25)32)15-14-20(3)18-34-23-11-9-10-22(17-23)28(29,30)31/h9-11,14-15,17,19-21,24-27,32-33H,5-8,12-13,16,18H2,1-4H3. The maximum Gasteiger partial charge on any atom is 0.416 e. The number of halogens is 3. The van der Waals surface area contributed by atoms with E-state index in [1.807, 2.05) is 20.8 Å². The minimum atomic E-state index is -4.39. The molecule has 1 fully saturated rings. The molecule has 0 bridgehead atoms. The van der Waals surface area contributed by atoms with E-state index in [-0.39, 0.29) is 35.7 Å². The highest BCUT2D eigenvalue weighted by molar-refractivity contribution is 5.30. The Labute approximate surface area is 208 Å². The first-order valence-corrected chi connectivity index (χ1v) is 13.0. The summed E-state index contributed by atoms with van der Waals surface area (Å²) in [6.45, 7) is 8.25. The third-order valence-electron chi connectivity index (χ3n) is 6.76. The van der Waals surface area contributed by atoms with Gasteiger partial charge in [0.15, 0.2) is 6.29 Å². The van der Waals surface area contributed by atoms with Gasteiger partial charge in [0.25, 0.3) is 0 Å². The summed E-state index contributed by atoms with van der Waals surface area (Å²) >= 11 is 0. The van der Waals surface area contributed by atoms with Gasteiger partial charge in [0.2, 0.25) is 0 Å². The Morgan fingerprint density at radius 3 is 2.51 bits per heavy atom. The first-order valence-electron chi connectivity index (χ1n) is 13.0. The van der Waals surface area contributed by atoms with Crippen LogP contribution in [-0.2, 0) is 10.9 Å². The number of alkyl halides is 3. The predicted octanol–water partition coefficient (Wildman–Crippen LogP) is 6.99. The number of unbranched alkanes of at least 4 members (excludes halogenated alkanes) is 3. The molecule has 1 saturated carbocycles. The molecule has 7 heteroatoms. The third kappa shape index (κ3) is 10.5. The molecule has 6 atom stereocenters. The van der Waals surface area contributed by atoms with E-state index in [9.17, 15) is 23.4 Å². The van der Waals surface area contributed by atoms with Gasteiger partial charge in [-0.15, -0.1) is 0 Å². The minimum absolute atomic E-state index is 0.0238. The average molecular weight is 501 g/mol. The highest BCUT2D eigenvalue weighted by atomic mass is 19.4. The van der Waals surface area contributed by atoms with E-state index < -0.39 is 18.0 Å². The summed E-state index contributed by atoms with van der Waals surface area (Å²) < 4.78 is 49.6. The molecule has 200 valence electrons. The molecule has 1 aromatic rings. The van der Waals surface area contributed by atoms with Crippen LogP contribution in [0, 0.1) is 23.7 Å². The number of benzene rings is 1. The summed E-state index contributed by atoms with van der Waals surface area (Å²) in [5, 5.41) is 20.4. The van der Waals surface area contributed by atoms with Crippen molar-refractivity contribution in [2.24, 2.45) is 23.7 Å². The van der Waals surface area contributed by atoms with E-state index in [1.54, 1.807) is 0 Å². The fourth-order valence-electron chi connectivity index (χ4n) is 4.91. The van der Waals surface area contributed by atoms with Crippen LogP contribution in [0.15, 0.2) is 36.4 Å². The van der Waals surface area contributed by atoms with Crippen molar-refractivity contribution in [1.29, 1.82) is 0 Å². The molecule has 0 amide bonds. The van der Waals surface area contributed by atoms with Crippen molar-refractivity contribution >= 4 is 0 Å². The zero-order valence-corrected chi connectivity index (χ0v) is 21.5. The molecular weight excluding hydrogens is 457 g/mol. The monoisotopic (exact) mass is 500 g/mol. The quantitative estimate of drug-likeness (QED) is 0.164. The molecule has 0 heterocycles. The Bertz CT molecular complexity index is 765. The summed E-state index contributed by atoms with van der Waals surface area (Å²) in [7, 11) is 0. The number of hydrogen-bond donors (Lipinski definition) is 2. The van der Waals surface area contributed by atoms with Gasteiger partial charge >= 0.3 is 6.18 Å². The maximum atomic E-state index is 12.9. The van der Waals surface area contributed by atoms with Crippen LogP contribution in [0.5, 0.6) is 5.75 Å². The summed E-state index contributed by atoms with van der Waals surface area (Å²) in [5.41, 5.74) is -0.713. The molecule has 35 heavy (non-hydrogen) atoms. The Morgan fingerprint density at radius 1 is 1.11 bits per heavy atom. The molecule has 0 saturated heterocycles. The molecule has 1 aliphatic rings. The van der Waals surface area contributed by atoms with Crippen molar-refractivity contribution in [2.75, 3.05) is 6.61 Å². The smallest absolute Gasteiger partial charge is 0.416 e. The minimum Gasteiger partial charge on any atom is -0.493 e. The fraction of sp³-hybridized carbons (Fsp3) is 0.714. The highest BCUT2D eigenvalue weighted by Crippen LogP contribution is 2.41. The van der Waals surface area contributed by atoms with Gasteiger partial charge in [-0.1, -0.05) is 51.3 Å². The number of aliphatic hydroxyl groups excluding tert-OH is 2. The van der Waals surface area contributed by atoms with Gasteiger partial charge in [-0.2, -0.15) is 13.2 Å². The molecule has 1 aromatic carbocycles. The lowest BCUT2D eigenvalue weighted by Gasteiger charge is -2.22. The van der Waals surface area contributed by atoms with Gasteiger partial charge in [0.05, 0.1) is 24.4 Å². The van der Waals surface area contributed by atoms with Crippen molar-refractivity contribution < 1.29 is 32.9 Å². The van der Waals surface area contributed by atoms with E-state index >= 15 is 0 Å². The van der Waals surface area contributed by atoms with Gasteiger partial charge in [0.1, 0.15) is 5.75 Å². The lowest BCUT2D eigenvalue weighted by Crippen LogP contribution is -2.19. The highest BCUT2D eigenvalue weighted by Gasteiger charge is 2.38. The van der Waals surface area contributed by atoms with E-state index in [2.05, 4.69) is 19.1 Å². The SMILES string of the molecule is CC(C=CC1C(C)CC(O)C1CCCCCCC(O)OC(C)C)COc1cccc(C(F)(F)F)c1. The Hall–Kier alpha value is -1.57. The Balaban J connectivity index is 1.77. The summed E-state index contributed by atoms with van der Waals surface area (Å²) in [4.78, 5) is 0. The summed E-state index contributed by atoms with van der Waals surface area (Å²) in [6.07, 6.45) is 5.31. The van der Waals surface area contributed by atoms with Gasteiger partial charge in [-0.05, 0) is 75.5 Å². The van der Waals surface area contributed by atoms with Gasteiger partial charge < -0.3 is 19.7 Å². The van der Waals surface area contributed by atoms with Crippen LogP contribution in [0.4, 0.5) is 13.2 Å². The predicted molar refractivity (Wildman–Crippen MR) is 132 cm³/mol. The lowest BCUT2D eigenvalue weighted by molar-refractivity contribution is -0.137. The number of allylic oxidation sites excluding steroid dienone is 1. The molecule has 2 rings (SSSR count). The van der Waals surface area contributed by atoms with Crippen molar-refractivity contribution in [3.05, 3.63) is 42.0 Å². The fourth-order valence-corrected chi connectivity index (χ4v) is 4.91. The second kappa shape index (κ2) is 14.2. The van der Waals surface area contributed by atoms with Crippen molar-refractivity contribution in [2.45, 2.75) is 97.3 Å². The maximum absolute atomic E-state index is 12.9. The Kier molecular flexibility index (Phi) is 12.1. The van der Waals surface area contributed by atoms with Crippen LogP contribution in [0.3, 0.4) is 0 Å². The number of ether oxygens (including phenoxy) is 2. The summed E-state index contributed by atoms with van der Waals surface area (Å²) in [6, 6.07) is 4.95. The number of aliphatic hydroxyl groups is 2. The van der Waals surface area contributed by atoms with E-state index in [0.29, 0.717) is 18.9 Å². The van der Waals surface area contributed by atoms with E-state index in [4.69, 9.17) is 9.47 Å². The zero-order chi connectivity index (χ0) is 26.0. The molecule has 0 spiro atoms. The average Bonchev–Trinajstić information content (AvgIpc) is 3.04. The normalized spacial score (nSPS) is 24.9. The first kappa shape index (κ1) is 29.7. The number of hydrogen-bond acceptors (Lipinski definition) is 4. The largest absolute Gasteiger partial charge is 0.493 e. The molecule has 4 nitrogen and oxygen atoms in total. The van der Waals surface area contributed by atoms with Gasteiger partial charge in [-0.3, -0.25) is 0 Å². The zero-order valence-electron chi connectivity index (χ0n) is 21.5. The second-order valence-corrected chi connectivity index (χ2v) is 10.4. The molecule has 6 unspecified atom stereocenters. The molecule has 0 aromatic heterocycles. The van der Waals surface area contributed by atoms with Crippen LogP contribution in [0.1, 0.15) is 78.2 Å². The topological polar surface area (TPSA) is 58.9 Å². The lowest BCUT2D eigenvalue weighted by atomic mass is 9.85. The molecule has 0 aliphatic heterocycles.